The van der Waals surface area contributed by atoms with E-state index in [1.165, 1.54) is 0 Å². The van der Waals surface area contributed by atoms with Crippen molar-refractivity contribution >= 4 is 0 Å². The van der Waals surface area contributed by atoms with Gasteiger partial charge < -0.3 is 15.2 Å². The highest BCUT2D eigenvalue weighted by molar-refractivity contribution is 4.90. The molecule has 2 atom stereocenters. The summed E-state index contributed by atoms with van der Waals surface area (Å²) in [6, 6.07) is 0. The molecule has 0 aliphatic carbocycles. The van der Waals surface area contributed by atoms with E-state index < -0.39 is 0 Å². The maximum atomic E-state index is 5.77. The van der Waals surface area contributed by atoms with Crippen molar-refractivity contribution in [3.63, 3.8) is 0 Å². The molecule has 0 bridgehead atoms. The monoisotopic (exact) mass is 187 g/mol. The molecule has 2 unspecified atom stereocenters. The third-order valence-corrected chi connectivity index (χ3v) is 2.61. The number of hydrogen-bond acceptors (Lipinski definition) is 3. The molecule has 1 aliphatic rings. The molecule has 2 N–H and O–H groups in total. The largest absolute Gasteiger partial charge is 0.375 e. The van der Waals surface area contributed by atoms with Crippen molar-refractivity contribution in [3.05, 3.63) is 0 Å². The second-order valence-corrected chi connectivity index (χ2v) is 3.99. The minimum atomic E-state index is -0.133. The van der Waals surface area contributed by atoms with Crippen LogP contribution in [-0.4, -0.2) is 31.0 Å². The highest BCUT2D eigenvalue weighted by Gasteiger charge is 2.38. The van der Waals surface area contributed by atoms with E-state index in [9.17, 15) is 0 Å². The quantitative estimate of drug-likeness (QED) is 0.724. The maximum absolute atomic E-state index is 5.77. The predicted octanol–water partition coefficient (Wildman–Crippen LogP) is 1.31. The SMILES string of the molecule is CCOC1(CN)CC(C)OC(C)C1. The Morgan fingerprint density at radius 3 is 2.31 bits per heavy atom. The molecule has 1 rings (SSSR count). The molecule has 78 valence electrons. The van der Waals surface area contributed by atoms with E-state index in [-0.39, 0.29) is 17.8 Å². The first-order valence-electron chi connectivity index (χ1n) is 5.11. The van der Waals surface area contributed by atoms with Crippen LogP contribution < -0.4 is 5.73 Å². The minimum absolute atomic E-state index is 0.133. The van der Waals surface area contributed by atoms with Crippen LogP contribution >= 0.6 is 0 Å². The van der Waals surface area contributed by atoms with Gasteiger partial charge in [-0.05, 0) is 20.8 Å². The Bertz CT molecular complexity index is 151. The van der Waals surface area contributed by atoms with Crippen molar-refractivity contribution in [2.24, 2.45) is 5.73 Å². The normalized spacial score (nSPS) is 40.6. The van der Waals surface area contributed by atoms with Gasteiger partial charge >= 0.3 is 0 Å². The number of rotatable bonds is 3. The van der Waals surface area contributed by atoms with Crippen LogP contribution in [0.25, 0.3) is 0 Å². The molecule has 13 heavy (non-hydrogen) atoms. The van der Waals surface area contributed by atoms with Crippen molar-refractivity contribution in [2.45, 2.75) is 51.4 Å². The molecule has 1 aliphatic heterocycles. The fraction of sp³-hybridized carbons (Fsp3) is 1.00. The molecule has 0 aromatic carbocycles. The van der Waals surface area contributed by atoms with Crippen molar-refractivity contribution in [3.8, 4) is 0 Å². The van der Waals surface area contributed by atoms with E-state index in [1.807, 2.05) is 6.92 Å². The zero-order chi connectivity index (χ0) is 9.90. The van der Waals surface area contributed by atoms with E-state index in [0.717, 1.165) is 19.4 Å². The van der Waals surface area contributed by atoms with Crippen LogP contribution in [0.1, 0.15) is 33.6 Å². The zero-order valence-corrected chi connectivity index (χ0v) is 8.88. The van der Waals surface area contributed by atoms with E-state index >= 15 is 0 Å². The fourth-order valence-electron chi connectivity index (χ4n) is 2.27. The van der Waals surface area contributed by atoms with E-state index in [0.29, 0.717) is 6.54 Å². The van der Waals surface area contributed by atoms with Gasteiger partial charge in [0.2, 0.25) is 0 Å². The summed E-state index contributed by atoms with van der Waals surface area (Å²) in [5.41, 5.74) is 5.64. The lowest BCUT2D eigenvalue weighted by atomic mass is 9.87. The Kier molecular flexibility index (Phi) is 3.71. The van der Waals surface area contributed by atoms with E-state index in [2.05, 4.69) is 13.8 Å². The lowest BCUT2D eigenvalue weighted by Crippen LogP contribution is -2.50. The van der Waals surface area contributed by atoms with Crippen LogP contribution in [0, 0.1) is 0 Å². The standard InChI is InChI=1S/C10H21NO2/c1-4-12-10(7-11)5-8(2)13-9(3)6-10/h8-9H,4-7,11H2,1-3H3. The molecule has 3 heteroatoms. The van der Waals surface area contributed by atoms with Crippen molar-refractivity contribution in [1.29, 1.82) is 0 Å². The average Bonchev–Trinajstić information content (AvgIpc) is 2.03. The fourth-order valence-corrected chi connectivity index (χ4v) is 2.27. The van der Waals surface area contributed by atoms with Gasteiger partial charge in [-0.15, -0.1) is 0 Å². The van der Waals surface area contributed by atoms with Crippen molar-refractivity contribution in [2.75, 3.05) is 13.2 Å². The lowest BCUT2D eigenvalue weighted by molar-refractivity contribution is -0.153. The molecular weight excluding hydrogens is 166 g/mol. The van der Waals surface area contributed by atoms with Gasteiger partial charge in [-0.25, -0.2) is 0 Å². The molecule has 0 saturated carbocycles. The van der Waals surface area contributed by atoms with E-state index in [1.54, 1.807) is 0 Å². The summed E-state index contributed by atoms with van der Waals surface area (Å²) >= 11 is 0. The topological polar surface area (TPSA) is 44.5 Å². The average molecular weight is 187 g/mol. The van der Waals surface area contributed by atoms with E-state index in [4.69, 9.17) is 15.2 Å². The Hall–Kier alpha value is -0.120. The summed E-state index contributed by atoms with van der Waals surface area (Å²) in [4.78, 5) is 0. The van der Waals surface area contributed by atoms with Crippen LogP contribution in [0.5, 0.6) is 0 Å². The smallest absolute Gasteiger partial charge is 0.0853 e. The highest BCUT2D eigenvalue weighted by Crippen LogP contribution is 2.31. The first kappa shape index (κ1) is 11.0. The molecule has 0 aromatic rings. The molecule has 1 heterocycles. The lowest BCUT2D eigenvalue weighted by Gasteiger charge is -2.41. The third kappa shape index (κ3) is 2.66. The summed E-state index contributed by atoms with van der Waals surface area (Å²) in [7, 11) is 0. The van der Waals surface area contributed by atoms with Crippen molar-refractivity contribution < 1.29 is 9.47 Å². The Balaban J connectivity index is 2.62. The summed E-state index contributed by atoms with van der Waals surface area (Å²) in [6.45, 7) is 7.51. The van der Waals surface area contributed by atoms with Gasteiger partial charge in [-0.3, -0.25) is 0 Å². The molecule has 0 amide bonds. The molecule has 1 fully saturated rings. The predicted molar refractivity (Wildman–Crippen MR) is 52.7 cm³/mol. The molecule has 3 nitrogen and oxygen atoms in total. The van der Waals surface area contributed by atoms with Crippen LogP contribution in [0.15, 0.2) is 0 Å². The molecule has 0 aromatic heterocycles. The zero-order valence-electron chi connectivity index (χ0n) is 8.88. The van der Waals surface area contributed by atoms with Crippen LogP contribution in [0.4, 0.5) is 0 Å². The first-order chi connectivity index (χ1) is 6.12. The van der Waals surface area contributed by atoms with Crippen LogP contribution in [0.2, 0.25) is 0 Å². The van der Waals surface area contributed by atoms with Crippen molar-refractivity contribution in [1.82, 2.24) is 0 Å². The number of nitrogens with two attached hydrogens (primary N) is 1. The minimum Gasteiger partial charge on any atom is -0.375 e. The van der Waals surface area contributed by atoms with Gasteiger partial charge in [-0.2, -0.15) is 0 Å². The van der Waals surface area contributed by atoms with Gasteiger partial charge in [0, 0.05) is 26.0 Å². The first-order valence-corrected chi connectivity index (χ1v) is 5.11. The number of hydrogen-bond donors (Lipinski definition) is 1. The Labute approximate surface area is 80.6 Å². The second-order valence-electron chi connectivity index (χ2n) is 3.99. The molecular formula is C10H21NO2. The van der Waals surface area contributed by atoms with Gasteiger partial charge in [0.1, 0.15) is 0 Å². The summed E-state index contributed by atoms with van der Waals surface area (Å²) in [5, 5.41) is 0. The van der Waals surface area contributed by atoms with Crippen LogP contribution in [-0.2, 0) is 9.47 Å². The Morgan fingerprint density at radius 1 is 1.38 bits per heavy atom. The summed E-state index contributed by atoms with van der Waals surface area (Å²) < 4.78 is 11.4. The van der Waals surface area contributed by atoms with Crippen LogP contribution in [0.3, 0.4) is 0 Å². The highest BCUT2D eigenvalue weighted by atomic mass is 16.5. The summed E-state index contributed by atoms with van der Waals surface area (Å²) in [5.74, 6) is 0. The molecule has 0 spiro atoms. The second kappa shape index (κ2) is 4.40. The van der Waals surface area contributed by atoms with Gasteiger partial charge in [-0.1, -0.05) is 0 Å². The Morgan fingerprint density at radius 2 is 1.92 bits per heavy atom. The molecule has 0 radical (unpaired) electrons. The summed E-state index contributed by atoms with van der Waals surface area (Å²) in [6.07, 6.45) is 2.36. The third-order valence-electron chi connectivity index (χ3n) is 2.61. The van der Waals surface area contributed by atoms with Gasteiger partial charge in [0.15, 0.2) is 0 Å². The maximum Gasteiger partial charge on any atom is 0.0853 e. The molecule has 1 saturated heterocycles. The van der Waals surface area contributed by atoms with Gasteiger partial charge in [0.25, 0.3) is 0 Å². The van der Waals surface area contributed by atoms with Gasteiger partial charge in [0.05, 0.1) is 17.8 Å². The number of ether oxygens (including phenoxy) is 2.